The van der Waals surface area contributed by atoms with Gasteiger partial charge in [-0.2, -0.15) is 0 Å². The number of likely N-dealkylation sites (N-methyl/N-ethyl adjacent to an activating group) is 1. The van der Waals surface area contributed by atoms with Crippen LogP contribution >= 0.6 is 0 Å². The molecule has 2 atom stereocenters. The standard InChI is InChI=1S/C15H23NO2/c1-11(16-5)13(12-9-7-6-8-10-12)18-14(17)15(2,3)4/h6-11,13,16H,1-5H3/t11-,13+/m1/s1. The molecule has 0 fully saturated rings. The number of esters is 1. The third-order valence-electron chi connectivity index (χ3n) is 2.88. The summed E-state index contributed by atoms with van der Waals surface area (Å²) in [6, 6.07) is 9.89. The predicted octanol–water partition coefficient (Wildman–Crippen LogP) is 2.92. The van der Waals surface area contributed by atoms with Gasteiger partial charge in [-0.1, -0.05) is 30.3 Å². The molecule has 0 saturated heterocycles. The van der Waals surface area contributed by atoms with Crippen molar-refractivity contribution in [3.63, 3.8) is 0 Å². The van der Waals surface area contributed by atoms with Crippen LogP contribution in [0.15, 0.2) is 30.3 Å². The Balaban J connectivity index is 2.91. The van der Waals surface area contributed by atoms with Crippen molar-refractivity contribution in [2.24, 2.45) is 5.41 Å². The largest absolute Gasteiger partial charge is 0.455 e. The summed E-state index contributed by atoms with van der Waals surface area (Å²) >= 11 is 0. The number of hydrogen-bond acceptors (Lipinski definition) is 3. The van der Waals surface area contributed by atoms with E-state index in [0.717, 1.165) is 5.56 Å². The highest BCUT2D eigenvalue weighted by atomic mass is 16.5. The van der Waals surface area contributed by atoms with Crippen molar-refractivity contribution in [1.29, 1.82) is 0 Å². The molecular formula is C15H23NO2. The summed E-state index contributed by atoms with van der Waals surface area (Å²) in [5.41, 5.74) is 0.525. The zero-order chi connectivity index (χ0) is 13.8. The Labute approximate surface area is 110 Å². The zero-order valence-electron chi connectivity index (χ0n) is 11.9. The van der Waals surface area contributed by atoms with E-state index in [-0.39, 0.29) is 18.1 Å². The molecule has 0 bridgehead atoms. The number of nitrogens with one attached hydrogen (secondary N) is 1. The lowest BCUT2D eigenvalue weighted by Gasteiger charge is -2.27. The third-order valence-corrected chi connectivity index (χ3v) is 2.88. The molecule has 0 heterocycles. The van der Waals surface area contributed by atoms with E-state index in [4.69, 9.17) is 4.74 Å². The Morgan fingerprint density at radius 3 is 2.22 bits per heavy atom. The minimum atomic E-state index is -0.486. The van der Waals surface area contributed by atoms with E-state index >= 15 is 0 Å². The summed E-state index contributed by atoms with van der Waals surface area (Å²) in [6.45, 7) is 7.60. The first-order valence-corrected chi connectivity index (χ1v) is 6.29. The zero-order valence-corrected chi connectivity index (χ0v) is 11.9. The van der Waals surface area contributed by atoms with Crippen molar-refractivity contribution in [2.75, 3.05) is 7.05 Å². The van der Waals surface area contributed by atoms with Gasteiger partial charge in [-0.05, 0) is 40.3 Å². The van der Waals surface area contributed by atoms with Crippen LogP contribution in [0.4, 0.5) is 0 Å². The molecule has 0 amide bonds. The molecule has 0 radical (unpaired) electrons. The first-order valence-electron chi connectivity index (χ1n) is 6.29. The summed E-state index contributed by atoms with van der Waals surface area (Å²) in [5, 5.41) is 3.14. The molecule has 0 unspecified atom stereocenters. The third kappa shape index (κ3) is 3.84. The Hall–Kier alpha value is -1.35. The highest BCUT2D eigenvalue weighted by molar-refractivity contribution is 5.75. The van der Waals surface area contributed by atoms with Crippen LogP contribution in [0.1, 0.15) is 39.4 Å². The fourth-order valence-electron chi connectivity index (χ4n) is 1.54. The van der Waals surface area contributed by atoms with Gasteiger partial charge in [-0.25, -0.2) is 0 Å². The van der Waals surface area contributed by atoms with Gasteiger partial charge in [-0.15, -0.1) is 0 Å². The molecule has 1 aromatic rings. The van der Waals surface area contributed by atoms with Crippen LogP contribution in [0.3, 0.4) is 0 Å². The van der Waals surface area contributed by atoms with Crippen LogP contribution < -0.4 is 5.32 Å². The number of rotatable bonds is 4. The molecule has 0 aliphatic rings. The number of benzene rings is 1. The fraction of sp³-hybridized carbons (Fsp3) is 0.533. The number of carbonyl (C=O) groups is 1. The highest BCUT2D eigenvalue weighted by Crippen LogP contribution is 2.25. The second-order valence-corrected chi connectivity index (χ2v) is 5.56. The molecule has 100 valence electrons. The van der Waals surface area contributed by atoms with Crippen molar-refractivity contribution >= 4 is 5.97 Å². The van der Waals surface area contributed by atoms with Gasteiger partial charge >= 0.3 is 5.97 Å². The summed E-state index contributed by atoms with van der Waals surface area (Å²) in [4.78, 5) is 12.0. The van der Waals surface area contributed by atoms with Gasteiger partial charge in [0.05, 0.1) is 5.41 Å². The predicted molar refractivity (Wildman–Crippen MR) is 73.3 cm³/mol. The second kappa shape index (κ2) is 6.01. The van der Waals surface area contributed by atoms with Gasteiger partial charge in [0.25, 0.3) is 0 Å². The van der Waals surface area contributed by atoms with E-state index in [0.29, 0.717) is 0 Å². The van der Waals surface area contributed by atoms with E-state index in [1.165, 1.54) is 0 Å². The molecule has 1 rings (SSSR count). The lowest BCUT2D eigenvalue weighted by Crippen LogP contribution is -2.35. The van der Waals surface area contributed by atoms with Crippen LogP contribution in [-0.4, -0.2) is 19.1 Å². The van der Waals surface area contributed by atoms with Crippen molar-refractivity contribution in [3.8, 4) is 0 Å². The smallest absolute Gasteiger partial charge is 0.311 e. The summed E-state index contributed by atoms with van der Waals surface area (Å²) in [6.07, 6.45) is -0.261. The van der Waals surface area contributed by atoms with E-state index < -0.39 is 5.41 Å². The second-order valence-electron chi connectivity index (χ2n) is 5.56. The van der Waals surface area contributed by atoms with Gasteiger partial charge in [-0.3, -0.25) is 4.79 Å². The first kappa shape index (κ1) is 14.7. The maximum Gasteiger partial charge on any atom is 0.311 e. The summed E-state index contributed by atoms with van der Waals surface area (Å²) in [7, 11) is 1.87. The quantitative estimate of drug-likeness (QED) is 0.834. The molecule has 3 nitrogen and oxygen atoms in total. The summed E-state index contributed by atoms with van der Waals surface area (Å²) in [5.74, 6) is -0.182. The molecule has 18 heavy (non-hydrogen) atoms. The topological polar surface area (TPSA) is 38.3 Å². The van der Waals surface area contributed by atoms with Crippen molar-refractivity contribution in [2.45, 2.75) is 39.8 Å². The van der Waals surface area contributed by atoms with Gasteiger partial charge in [0, 0.05) is 6.04 Å². The molecular weight excluding hydrogens is 226 g/mol. The molecule has 1 aromatic carbocycles. The van der Waals surface area contributed by atoms with E-state index in [9.17, 15) is 4.79 Å². The average Bonchev–Trinajstić information content (AvgIpc) is 2.34. The van der Waals surface area contributed by atoms with Crippen molar-refractivity contribution < 1.29 is 9.53 Å². The van der Waals surface area contributed by atoms with E-state index in [1.54, 1.807) is 0 Å². The molecule has 3 heteroatoms. The minimum Gasteiger partial charge on any atom is -0.455 e. The Bertz CT molecular complexity index is 381. The first-order chi connectivity index (χ1) is 8.36. The maximum absolute atomic E-state index is 12.0. The molecule has 0 spiro atoms. The van der Waals surface area contributed by atoms with Gasteiger partial charge in [0.2, 0.25) is 0 Å². The fourth-order valence-corrected chi connectivity index (χ4v) is 1.54. The molecule has 0 saturated carbocycles. The lowest BCUT2D eigenvalue weighted by molar-refractivity contribution is -0.160. The van der Waals surface area contributed by atoms with Crippen LogP contribution in [-0.2, 0) is 9.53 Å². The van der Waals surface area contributed by atoms with Gasteiger partial charge in [0.1, 0.15) is 6.10 Å². The van der Waals surface area contributed by atoms with E-state index in [1.807, 2.05) is 65.1 Å². The molecule has 0 aliphatic carbocycles. The van der Waals surface area contributed by atoms with Crippen LogP contribution in [0.5, 0.6) is 0 Å². The van der Waals surface area contributed by atoms with Crippen molar-refractivity contribution in [1.82, 2.24) is 5.32 Å². The SMILES string of the molecule is CN[C@H](C)[C@H](OC(=O)C(C)(C)C)c1ccccc1. The monoisotopic (exact) mass is 249 g/mol. The highest BCUT2D eigenvalue weighted by Gasteiger charge is 2.29. The van der Waals surface area contributed by atoms with Crippen LogP contribution in [0.2, 0.25) is 0 Å². The maximum atomic E-state index is 12.0. The number of ether oxygens (including phenoxy) is 1. The average molecular weight is 249 g/mol. The number of carbonyl (C=O) groups excluding carboxylic acids is 1. The molecule has 0 aliphatic heterocycles. The van der Waals surface area contributed by atoms with Crippen LogP contribution in [0, 0.1) is 5.41 Å². The lowest BCUT2D eigenvalue weighted by atomic mass is 9.96. The van der Waals surface area contributed by atoms with Crippen molar-refractivity contribution in [3.05, 3.63) is 35.9 Å². The molecule has 0 aromatic heterocycles. The number of hydrogen-bond donors (Lipinski definition) is 1. The van der Waals surface area contributed by atoms with Gasteiger partial charge < -0.3 is 10.1 Å². The van der Waals surface area contributed by atoms with E-state index in [2.05, 4.69) is 5.32 Å². The minimum absolute atomic E-state index is 0.0682. The van der Waals surface area contributed by atoms with Crippen LogP contribution in [0.25, 0.3) is 0 Å². The Morgan fingerprint density at radius 2 is 1.78 bits per heavy atom. The Morgan fingerprint density at radius 1 is 1.22 bits per heavy atom. The Kier molecular flexibility index (Phi) is 4.91. The normalized spacial score (nSPS) is 14.9. The van der Waals surface area contributed by atoms with Gasteiger partial charge in [0.15, 0.2) is 0 Å². The summed E-state index contributed by atoms with van der Waals surface area (Å²) < 4.78 is 5.65. The molecule has 1 N–H and O–H groups in total.